The summed E-state index contributed by atoms with van der Waals surface area (Å²) in [6.07, 6.45) is 0.000276. The van der Waals surface area contributed by atoms with Gasteiger partial charge in [-0.05, 0) is 48.1 Å². The van der Waals surface area contributed by atoms with E-state index in [1.165, 1.54) is 12.0 Å². The lowest BCUT2D eigenvalue weighted by Crippen LogP contribution is -2.44. The fourth-order valence-electron chi connectivity index (χ4n) is 3.56. The van der Waals surface area contributed by atoms with E-state index in [1.807, 2.05) is 19.9 Å². The van der Waals surface area contributed by atoms with Gasteiger partial charge < -0.3 is 14.2 Å². The number of aryl methyl sites for hydroxylation is 1. The molecule has 1 heterocycles. The van der Waals surface area contributed by atoms with E-state index in [2.05, 4.69) is 0 Å². The average molecular weight is 429 g/mol. The highest BCUT2D eigenvalue weighted by atomic mass is 19.1. The summed E-state index contributed by atoms with van der Waals surface area (Å²) in [5.41, 5.74) is 2.60. The zero-order valence-corrected chi connectivity index (χ0v) is 18.3. The molecule has 0 N–H and O–H groups in total. The monoisotopic (exact) mass is 429 g/mol. The molecule has 2 aromatic rings. The van der Waals surface area contributed by atoms with Crippen LogP contribution in [-0.2, 0) is 27.3 Å². The molecule has 0 aliphatic carbocycles. The van der Waals surface area contributed by atoms with Crippen molar-refractivity contribution in [3.63, 3.8) is 0 Å². The number of methoxy groups -OCH3 is 1. The number of benzene rings is 2. The third-order valence-corrected chi connectivity index (χ3v) is 5.21. The molecule has 1 atom stereocenters. The van der Waals surface area contributed by atoms with Crippen LogP contribution in [0.5, 0.6) is 5.75 Å². The fraction of sp³-hybridized carbons (Fsp3) is 0.417. The Hall–Kier alpha value is -3.09. The van der Waals surface area contributed by atoms with Gasteiger partial charge in [-0.2, -0.15) is 0 Å². The van der Waals surface area contributed by atoms with Gasteiger partial charge in [0.2, 0.25) is 0 Å². The number of halogens is 1. The van der Waals surface area contributed by atoms with Crippen LogP contribution < -0.4 is 4.74 Å². The van der Waals surface area contributed by atoms with Crippen LogP contribution >= 0.6 is 0 Å². The summed E-state index contributed by atoms with van der Waals surface area (Å²) in [5.74, 6) is -0.0469. The fourth-order valence-corrected chi connectivity index (χ4v) is 3.56. The summed E-state index contributed by atoms with van der Waals surface area (Å²) < 4.78 is 30.3. The maximum absolute atomic E-state index is 14.2. The highest BCUT2D eigenvalue weighted by Crippen LogP contribution is 2.34. The van der Waals surface area contributed by atoms with Crippen LogP contribution in [0.4, 0.5) is 9.18 Å². The van der Waals surface area contributed by atoms with Gasteiger partial charge in [0.05, 0.1) is 13.7 Å². The first kappa shape index (κ1) is 22.6. The summed E-state index contributed by atoms with van der Waals surface area (Å²) in [5, 5.41) is 0. The SMILES string of the molecule is COC(=O)C1c2ccc(OCc3cccc(C)c3F)cc2CCN1C(=O)OCC(C)C. The lowest BCUT2D eigenvalue weighted by Gasteiger charge is -2.35. The number of amides is 1. The van der Waals surface area contributed by atoms with Gasteiger partial charge in [0, 0.05) is 12.1 Å². The average Bonchev–Trinajstić information content (AvgIpc) is 2.76. The molecule has 0 spiro atoms. The van der Waals surface area contributed by atoms with Crippen molar-refractivity contribution in [2.24, 2.45) is 5.92 Å². The van der Waals surface area contributed by atoms with Crippen LogP contribution in [0.1, 0.15) is 42.1 Å². The van der Waals surface area contributed by atoms with Gasteiger partial charge in [0.15, 0.2) is 6.04 Å². The molecule has 0 saturated carbocycles. The molecule has 1 aliphatic heterocycles. The molecule has 166 valence electrons. The molecule has 7 heteroatoms. The summed E-state index contributed by atoms with van der Waals surface area (Å²) in [4.78, 5) is 26.5. The van der Waals surface area contributed by atoms with Crippen molar-refractivity contribution in [3.05, 3.63) is 64.5 Å². The van der Waals surface area contributed by atoms with Gasteiger partial charge in [0.25, 0.3) is 0 Å². The first-order valence-corrected chi connectivity index (χ1v) is 10.3. The summed E-state index contributed by atoms with van der Waals surface area (Å²) in [6, 6.07) is 9.61. The molecule has 2 aromatic carbocycles. The normalized spacial score (nSPS) is 15.4. The minimum absolute atomic E-state index is 0.0976. The number of hydrogen-bond acceptors (Lipinski definition) is 5. The van der Waals surface area contributed by atoms with Crippen molar-refractivity contribution in [2.45, 2.75) is 39.8 Å². The number of ether oxygens (including phenoxy) is 3. The Bertz CT molecular complexity index is 959. The molecule has 0 fully saturated rings. The maximum Gasteiger partial charge on any atom is 0.410 e. The third kappa shape index (κ3) is 5.16. The molecule has 0 radical (unpaired) electrons. The van der Waals surface area contributed by atoms with Crippen molar-refractivity contribution in [3.8, 4) is 5.75 Å². The molecule has 3 rings (SSSR count). The van der Waals surface area contributed by atoms with Gasteiger partial charge in [-0.15, -0.1) is 0 Å². The Morgan fingerprint density at radius 3 is 2.71 bits per heavy atom. The zero-order chi connectivity index (χ0) is 22.5. The van der Waals surface area contributed by atoms with Gasteiger partial charge in [-0.3, -0.25) is 4.90 Å². The van der Waals surface area contributed by atoms with E-state index in [9.17, 15) is 14.0 Å². The molecule has 6 nitrogen and oxygen atoms in total. The summed E-state index contributed by atoms with van der Waals surface area (Å²) in [7, 11) is 1.29. The standard InChI is InChI=1S/C24H28FNO5/c1-15(2)13-31-24(28)26-11-10-17-12-19(8-9-20(17)22(26)23(27)29-4)30-14-18-7-5-6-16(3)21(18)25/h5-9,12,15,22H,10-11,13-14H2,1-4H3. The number of rotatable bonds is 6. The van der Waals surface area contributed by atoms with Crippen molar-refractivity contribution in [1.82, 2.24) is 4.90 Å². The molecule has 31 heavy (non-hydrogen) atoms. The molecular formula is C24H28FNO5. The molecule has 1 amide bonds. The topological polar surface area (TPSA) is 65.1 Å². The van der Waals surface area contributed by atoms with Crippen molar-refractivity contribution < 1.29 is 28.2 Å². The van der Waals surface area contributed by atoms with E-state index >= 15 is 0 Å². The molecule has 0 aromatic heterocycles. The molecule has 0 bridgehead atoms. The van der Waals surface area contributed by atoms with Crippen LogP contribution in [0.2, 0.25) is 0 Å². The maximum atomic E-state index is 14.2. The highest BCUT2D eigenvalue weighted by molar-refractivity contribution is 5.84. The lowest BCUT2D eigenvalue weighted by molar-refractivity contribution is -0.147. The molecule has 0 saturated heterocycles. The van der Waals surface area contributed by atoms with E-state index in [0.29, 0.717) is 35.4 Å². The van der Waals surface area contributed by atoms with Crippen molar-refractivity contribution in [1.29, 1.82) is 0 Å². The Morgan fingerprint density at radius 2 is 2.00 bits per heavy atom. The minimum Gasteiger partial charge on any atom is -0.489 e. The van der Waals surface area contributed by atoms with Gasteiger partial charge in [0.1, 0.15) is 18.2 Å². The van der Waals surface area contributed by atoms with Crippen molar-refractivity contribution in [2.75, 3.05) is 20.3 Å². The van der Waals surface area contributed by atoms with Gasteiger partial charge >= 0.3 is 12.1 Å². The quantitative estimate of drug-likeness (QED) is 0.629. The second-order valence-corrected chi connectivity index (χ2v) is 8.04. The van der Waals surface area contributed by atoms with E-state index in [-0.39, 0.29) is 24.9 Å². The number of hydrogen-bond donors (Lipinski definition) is 0. The largest absolute Gasteiger partial charge is 0.489 e. The van der Waals surface area contributed by atoms with E-state index in [0.717, 1.165) is 5.56 Å². The number of esters is 1. The molecule has 1 unspecified atom stereocenters. The molecular weight excluding hydrogens is 401 g/mol. The predicted octanol–water partition coefficient (Wildman–Crippen LogP) is 4.58. The third-order valence-electron chi connectivity index (χ3n) is 5.21. The van der Waals surface area contributed by atoms with Crippen LogP contribution in [-0.4, -0.2) is 37.2 Å². The van der Waals surface area contributed by atoms with Crippen molar-refractivity contribution >= 4 is 12.1 Å². The summed E-state index contributed by atoms with van der Waals surface area (Å²) in [6.45, 7) is 6.29. The Balaban J connectivity index is 1.79. The highest BCUT2D eigenvalue weighted by Gasteiger charge is 2.38. The Morgan fingerprint density at radius 1 is 1.23 bits per heavy atom. The smallest absolute Gasteiger partial charge is 0.410 e. The Labute approximate surface area is 181 Å². The first-order chi connectivity index (χ1) is 14.8. The van der Waals surface area contributed by atoms with E-state index in [1.54, 1.807) is 37.3 Å². The number of carbonyl (C=O) groups excluding carboxylic acids is 2. The first-order valence-electron chi connectivity index (χ1n) is 10.3. The van der Waals surface area contributed by atoms with E-state index < -0.39 is 18.1 Å². The van der Waals surface area contributed by atoms with Gasteiger partial charge in [-0.25, -0.2) is 14.0 Å². The number of fused-ring (bicyclic) bond motifs is 1. The predicted molar refractivity (Wildman–Crippen MR) is 113 cm³/mol. The van der Waals surface area contributed by atoms with E-state index in [4.69, 9.17) is 14.2 Å². The second kappa shape index (κ2) is 9.81. The van der Waals surface area contributed by atoms with Crippen LogP contribution in [0.15, 0.2) is 36.4 Å². The van der Waals surface area contributed by atoms with Gasteiger partial charge in [-0.1, -0.05) is 38.1 Å². The second-order valence-electron chi connectivity index (χ2n) is 8.04. The lowest BCUT2D eigenvalue weighted by atomic mass is 9.92. The Kier molecular flexibility index (Phi) is 7.15. The number of carbonyl (C=O) groups is 2. The van der Waals surface area contributed by atoms with Crippen LogP contribution in [0, 0.1) is 18.7 Å². The van der Waals surface area contributed by atoms with Crippen LogP contribution in [0.25, 0.3) is 0 Å². The molecule has 1 aliphatic rings. The summed E-state index contributed by atoms with van der Waals surface area (Å²) >= 11 is 0. The minimum atomic E-state index is -0.878. The number of nitrogens with zero attached hydrogens (tertiary/aromatic N) is 1. The van der Waals surface area contributed by atoms with Crippen LogP contribution in [0.3, 0.4) is 0 Å². The zero-order valence-electron chi connectivity index (χ0n) is 18.3.